The fraction of sp³-hybridized carbons (Fsp3) is 0.318. The molecule has 0 radical (unpaired) electrons. The summed E-state index contributed by atoms with van der Waals surface area (Å²) in [5.74, 6) is 0.946. The van der Waals surface area contributed by atoms with Gasteiger partial charge in [0.05, 0.1) is 12.3 Å². The molecule has 0 bridgehead atoms. The van der Waals surface area contributed by atoms with Crippen LogP contribution in [0, 0.1) is 25.2 Å². The molecule has 0 saturated carbocycles. The van der Waals surface area contributed by atoms with Gasteiger partial charge < -0.3 is 9.47 Å². The van der Waals surface area contributed by atoms with E-state index in [0.717, 1.165) is 21.4 Å². The highest BCUT2D eigenvalue weighted by molar-refractivity contribution is 7.98. The number of hydrogen-bond acceptors (Lipinski definition) is 8. The third-order valence-electron chi connectivity index (χ3n) is 4.15. The van der Waals surface area contributed by atoms with Crippen molar-refractivity contribution in [2.75, 3.05) is 6.26 Å². The molecular formula is C22H23N5O3S. The van der Waals surface area contributed by atoms with E-state index in [9.17, 15) is 4.79 Å². The Kier molecular flexibility index (Phi) is 6.32. The van der Waals surface area contributed by atoms with E-state index in [4.69, 9.17) is 14.7 Å². The molecule has 3 rings (SSSR count). The Morgan fingerprint density at radius 2 is 1.90 bits per heavy atom. The van der Waals surface area contributed by atoms with Crippen molar-refractivity contribution in [3.63, 3.8) is 0 Å². The molecule has 31 heavy (non-hydrogen) atoms. The molecule has 2 heterocycles. The normalized spacial score (nSPS) is 11.6. The monoisotopic (exact) mass is 437 g/mol. The highest BCUT2D eigenvalue weighted by Crippen LogP contribution is 2.34. The molecule has 1 aromatic carbocycles. The maximum absolute atomic E-state index is 12.6. The summed E-state index contributed by atoms with van der Waals surface area (Å²) in [4.78, 5) is 21.5. The predicted molar refractivity (Wildman–Crippen MR) is 119 cm³/mol. The van der Waals surface area contributed by atoms with Gasteiger partial charge in [0.25, 0.3) is 0 Å². The number of nitriles is 1. The van der Waals surface area contributed by atoms with E-state index >= 15 is 0 Å². The van der Waals surface area contributed by atoms with Gasteiger partial charge in [0.15, 0.2) is 10.8 Å². The van der Waals surface area contributed by atoms with Gasteiger partial charge in [-0.05, 0) is 75.8 Å². The van der Waals surface area contributed by atoms with Crippen molar-refractivity contribution >= 4 is 35.0 Å². The number of nitrogens with zero attached hydrogens (tertiary/aromatic N) is 5. The second-order valence-corrected chi connectivity index (χ2v) is 8.61. The van der Waals surface area contributed by atoms with Crippen molar-refractivity contribution in [3.05, 3.63) is 41.1 Å². The van der Waals surface area contributed by atoms with Crippen molar-refractivity contribution in [3.8, 4) is 17.7 Å². The minimum absolute atomic E-state index is 0.302. The first-order valence-electron chi connectivity index (χ1n) is 9.51. The number of thioether (sulfide) groups is 1. The second-order valence-electron chi connectivity index (χ2n) is 7.84. The molecule has 0 aliphatic rings. The molecule has 0 atom stereocenters. The first-order valence-corrected chi connectivity index (χ1v) is 10.7. The summed E-state index contributed by atoms with van der Waals surface area (Å²) >= 11 is 1.33. The van der Waals surface area contributed by atoms with Crippen LogP contribution in [0.5, 0.6) is 11.6 Å². The van der Waals surface area contributed by atoms with Crippen LogP contribution in [0.3, 0.4) is 0 Å². The van der Waals surface area contributed by atoms with Crippen LogP contribution in [-0.2, 0) is 4.74 Å². The van der Waals surface area contributed by atoms with Gasteiger partial charge in [-0.15, -0.1) is 4.68 Å². The summed E-state index contributed by atoms with van der Waals surface area (Å²) in [6, 6.07) is 5.84. The Labute approximate surface area is 184 Å². The zero-order valence-corrected chi connectivity index (χ0v) is 19.1. The molecule has 8 nitrogen and oxygen atoms in total. The van der Waals surface area contributed by atoms with Crippen LogP contribution < -0.4 is 4.74 Å². The summed E-state index contributed by atoms with van der Waals surface area (Å²) < 4.78 is 12.7. The zero-order chi connectivity index (χ0) is 22.8. The van der Waals surface area contributed by atoms with Gasteiger partial charge in [-0.2, -0.15) is 15.3 Å². The number of rotatable bonds is 4. The predicted octanol–water partition coefficient (Wildman–Crippen LogP) is 5.28. The minimum Gasteiger partial charge on any atom is -0.442 e. The van der Waals surface area contributed by atoms with E-state index in [1.807, 2.05) is 38.3 Å². The molecule has 0 unspecified atom stereocenters. The highest BCUT2D eigenvalue weighted by Gasteiger charge is 2.23. The third kappa shape index (κ3) is 5.03. The quantitative estimate of drug-likeness (QED) is 0.309. The van der Waals surface area contributed by atoms with Crippen LogP contribution in [0.1, 0.15) is 37.5 Å². The number of carbonyl (C=O) groups excluding carboxylic acids is 1. The molecule has 0 spiro atoms. The maximum atomic E-state index is 12.6. The van der Waals surface area contributed by atoms with E-state index in [1.54, 1.807) is 26.8 Å². The fourth-order valence-corrected chi connectivity index (χ4v) is 3.29. The van der Waals surface area contributed by atoms with E-state index < -0.39 is 11.7 Å². The van der Waals surface area contributed by atoms with Crippen LogP contribution in [0.4, 0.5) is 4.79 Å². The lowest BCUT2D eigenvalue weighted by Gasteiger charge is -2.19. The number of aryl methyl sites for hydroxylation is 2. The summed E-state index contributed by atoms with van der Waals surface area (Å²) in [6.45, 7) is 9.20. The molecule has 0 fully saturated rings. The lowest BCUT2D eigenvalue weighted by atomic mass is 10.1. The molecule has 0 aliphatic carbocycles. The van der Waals surface area contributed by atoms with Crippen molar-refractivity contribution < 1.29 is 14.3 Å². The average Bonchev–Trinajstić information content (AvgIpc) is 3.12. The molecule has 160 valence electrons. The SMILES string of the molecule is CSc1nc(Oc2c(C)cc(/C=C/C#N)cc2C)c2cnn(C(=O)OC(C)(C)C)c2n1. The standard InChI is InChI=1S/C22H23N5O3S/c1-13-10-15(8-7-9-23)11-14(2)17(13)29-19-16-12-24-27(21(28)30-22(3,4)5)18(16)25-20(26-19)31-6/h7-8,10-12H,1-6H3/b8-7+. The Morgan fingerprint density at radius 1 is 1.23 bits per heavy atom. The van der Waals surface area contributed by atoms with Crippen molar-refractivity contribution in [2.24, 2.45) is 0 Å². The summed E-state index contributed by atoms with van der Waals surface area (Å²) in [5.41, 5.74) is 2.32. The Balaban J connectivity index is 2.07. The molecule has 0 saturated heterocycles. The van der Waals surface area contributed by atoms with Gasteiger partial charge in [-0.3, -0.25) is 0 Å². The topological polar surface area (TPSA) is 103 Å². The van der Waals surface area contributed by atoms with Crippen LogP contribution in [-0.4, -0.2) is 37.7 Å². The van der Waals surface area contributed by atoms with Crippen LogP contribution in [0.25, 0.3) is 17.1 Å². The van der Waals surface area contributed by atoms with Gasteiger partial charge in [-0.25, -0.2) is 9.78 Å². The largest absolute Gasteiger partial charge is 0.442 e. The summed E-state index contributed by atoms with van der Waals surface area (Å²) in [6.07, 6.45) is 5.88. The third-order valence-corrected chi connectivity index (χ3v) is 4.70. The number of allylic oxidation sites excluding steroid dienone is 1. The number of benzene rings is 1. The van der Waals surface area contributed by atoms with Gasteiger partial charge in [-0.1, -0.05) is 11.8 Å². The molecule has 0 amide bonds. The number of ether oxygens (including phenoxy) is 2. The molecule has 2 aromatic heterocycles. The number of carbonyl (C=O) groups is 1. The summed E-state index contributed by atoms with van der Waals surface area (Å²) in [7, 11) is 0. The lowest BCUT2D eigenvalue weighted by Crippen LogP contribution is -2.27. The van der Waals surface area contributed by atoms with Gasteiger partial charge in [0.1, 0.15) is 16.7 Å². The molecule has 0 aliphatic heterocycles. The van der Waals surface area contributed by atoms with E-state index in [2.05, 4.69) is 15.1 Å². The van der Waals surface area contributed by atoms with E-state index in [0.29, 0.717) is 27.8 Å². The smallest absolute Gasteiger partial charge is 0.437 e. The van der Waals surface area contributed by atoms with Gasteiger partial charge in [0.2, 0.25) is 5.88 Å². The Morgan fingerprint density at radius 3 is 2.48 bits per heavy atom. The Bertz CT molecular complexity index is 1200. The van der Waals surface area contributed by atoms with Crippen molar-refractivity contribution in [1.82, 2.24) is 19.7 Å². The number of hydrogen-bond donors (Lipinski definition) is 0. The first-order chi connectivity index (χ1) is 14.6. The number of fused-ring (bicyclic) bond motifs is 1. The molecule has 0 N–H and O–H groups in total. The van der Waals surface area contributed by atoms with Crippen LogP contribution in [0.2, 0.25) is 0 Å². The second kappa shape index (κ2) is 8.78. The molecule has 3 aromatic rings. The zero-order valence-electron chi connectivity index (χ0n) is 18.3. The fourth-order valence-electron chi connectivity index (χ4n) is 2.94. The van der Waals surface area contributed by atoms with E-state index in [1.165, 1.54) is 24.0 Å². The Hall–Kier alpha value is -3.38. The van der Waals surface area contributed by atoms with Crippen molar-refractivity contribution in [1.29, 1.82) is 5.26 Å². The highest BCUT2D eigenvalue weighted by atomic mass is 32.2. The van der Waals surface area contributed by atoms with Crippen LogP contribution >= 0.6 is 11.8 Å². The van der Waals surface area contributed by atoms with Gasteiger partial charge >= 0.3 is 6.09 Å². The first kappa shape index (κ1) is 22.3. The molecule has 9 heteroatoms. The van der Waals surface area contributed by atoms with E-state index in [-0.39, 0.29) is 0 Å². The average molecular weight is 438 g/mol. The maximum Gasteiger partial charge on any atom is 0.437 e. The van der Waals surface area contributed by atoms with Crippen molar-refractivity contribution in [2.45, 2.75) is 45.4 Å². The van der Waals surface area contributed by atoms with Crippen LogP contribution in [0.15, 0.2) is 29.6 Å². The van der Waals surface area contributed by atoms with Gasteiger partial charge in [0, 0.05) is 6.08 Å². The number of aromatic nitrogens is 4. The minimum atomic E-state index is -0.667. The lowest BCUT2D eigenvalue weighted by molar-refractivity contribution is 0.0521. The summed E-state index contributed by atoms with van der Waals surface area (Å²) in [5, 5.41) is 13.8. The molecular weight excluding hydrogens is 414 g/mol.